The minimum Gasteiger partial charge on any atom is -0.445 e. The van der Waals surface area contributed by atoms with Crippen molar-refractivity contribution < 1.29 is 50.1 Å². The standard InChI is InChI=1S/C33H35F6NO5/c1-23(25-18-27(32(34,35)36)20-28(19-25)33(37,38)39)45-22-31(26-12-6-3-7-13-26,15-8-14-29-42-16-9-17-43-29)40-30(41)44-21-24-10-4-2-5-11-24/h2-7,10-13,18-20,23,29H,8-9,14-17,21-22H2,1H3,(H,40,41). The van der Waals surface area contributed by atoms with Crippen LogP contribution in [0.1, 0.15) is 66.5 Å². The number of hydrogen-bond acceptors (Lipinski definition) is 5. The van der Waals surface area contributed by atoms with E-state index >= 15 is 0 Å². The second-order valence-corrected chi connectivity index (χ2v) is 10.8. The predicted octanol–water partition coefficient (Wildman–Crippen LogP) is 8.56. The maximum absolute atomic E-state index is 13.5. The fraction of sp³-hybridized carbons (Fsp3) is 0.424. The van der Waals surface area contributed by atoms with E-state index in [1.807, 2.05) is 6.07 Å². The van der Waals surface area contributed by atoms with Gasteiger partial charge in [-0.3, -0.25) is 0 Å². The third kappa shape index (κ3) is 9.94. The number of halogens is 6. The first-order valence-electron chi connectivity index (χ1n) is 14.5. The fourth-order valence-corrected chi connectivity index (χ4v) is 5.03. The van der Waals surface area contributed by atoms with Gasteiger partial charge in [0.15, 0.2) is 6.29 Å². The van der Waals surface area contributed by atoms with Crippen molar-refractivity contribution in [3.8, 4) is 0 Å². The molecule has 0 saturated carbocycles. The van der Waals surface area contributed by atoms with Crippen molar-refractivity contribution >= 4 is 6.09 Å². The van der Waals surface area contributed by atoms with E-state index in [4.69, 9.17) is 18.9 Å². The molecule has 0 bridgehead atoms. The molecule has 4 rings (SSSR count). The lowest BCUT2D eigenvalue weighted by molar-refractivity contribution is -0.182. The van der Waals surface area contributed by atoms with Crippen molar-refractivity contribution in [3.63, 3.8) is 0 Å². The number of carbonyl (C=O) groups is 1. The van der Waals surface area contributed by atoms with E-state index in [-0.39, 0.29) is 31.3 Å². The highest BCUT2D eigenvalue weighted by Crippen LogP contribution is 2.39. The lowest BCUT2D eigenvalue weighted by atomic mass is 9.85. The number of ether oxygens (including phenoxy) is 4. The van der Waals surface area contributed by atoms with Crippen LogP contribution in [0.2, 0.25) is 0 Å². The second-order valence-electron chi connectivity index (χ2n) is 10.8. The first-order valence-corrected chi connectivity index (χ1v) is 14.5. The van der Waals surface area contributed by atoms with Crippen LogP contribution in [0.25, 0.3) is 0 Å². The van der Waals surface area contributed by atoms with Gasteiger partial charge in [0.25, 0.3) is 0 Å². The molecule has 1 amide bonds. The van der Waals surface area contributed by atoms with Crippen LogP contribution in [-0.2, 0) is 43.4 Å². The van der Waals surface area contributed by atoms with E-state index in [0.29, 0.717) is 43.8 Å². The molecule has 3 aromatic rings. The Morgan fingerprint density at radius 2 is 1.44 bits per heavy atom. The van der Waals surface area contributed by atoms with Crippen LogP contribution >= 0.6 is 0 Å². The number of carbonyl (C=O) groups excluding carboxylic acids is 1. The first kappa shape index (κ1) is 34.3. The van der Waals surface area contributed by atoms with Crippen molar-refractivity contribution in [3.05, 3.63) is 107 Å². The molecule has 6 nitrogen and oxygen atoms in total. The molecule has 3 aromatic carbocycles. The van der Waals surface area contributed by atoms with Gasteiger partial charge in [-0.15, -0.1) is 0 Å². The number of alkyl halides is 6. The molecule has 244 valence electrons. The third-order valence-electron chi connectivity index (χ3n) is 7.48. The highest BCUT2D eigenvalue weighted by Gasteiger charge is 2.39. The number of alkyl carbamates (subject to hydrolysis) is 1. The highest BCUT2D eigenvalue weighted by molar-refractivity contribution is 5.69. The van der Waals surface area contributed by atoms with E-state index in [2.05, 4.69) is 5.32 Å². The van der Waals surface area contributed by atoms with Gasteiger partial charge in [-0.2, -0.15) is 26.3 Å². The van der Waals surface area contributed by atoms with Crippen LogP contribution in [0, 0.1) is 0 Å². The maximum Gasteiger partial charge on any atom is 0.416 e. The summed E-state index contributed by atoms with van der Waals surface area (Å²) in [4.78, 5) is 13.2. The highest BCUT2D eigenvalue weighted by atomic mass is 19.4. The van der Waals surface area contributed by atoms with Crippen LogP contribution in [0.5, 0.6) is 0 Å². The molecule has 45 heavy (non-hydrogen) atoms. The quantitative estimate of drug-likeness (QED) is 0.201. The Bertz CT molecular complexity index is 1330. The van der Waals surface area contributed by atoms with Crippen LogP contribution in [0.15, 0.2) is 78.9 Å². The largest absolute Gasteiger partial charge is 0.445 e. The lowest BCUT2D eigenvalue weighted by Gasteiger charge is -2.36. The van der Waals surface area contributed by atoms with Crippen molar-refractivity contribution in [2.24, 2.45) is 0 Å². The molecule has 2 unspecified atom stereocenters. The van der Waals surface area contributed by atoms with Gasteiger partial charge in [0.05, 0.1) is 42.6 Å². The Balaban J connectivity index is 1.61. The monoisotopic (exact) mass is 639 g/mol. The zero-order chi connectivity index (χ0) is 32.5. The van der Waals surface area contributed by atoms with Crippen LogP contribution in [-0.4, -0.2) is 32.2 Å². The van der Waals surface area contributed by atoms with E-state index < -0.39 is 47.5 Å². The zero-order valence-electron chi connectivity index (χ0n) is 24.6. The molecule has 0 spiro atoms. The van der Waals surface area contributed by atoms with Crippen molar-refractivity contribution in [2.75, 3.05) is 19.8 Å². The van der Waals surface area contributed by atoms with E-state index in [1.165, 1.54) is 6.92 Å². The average molecular weight is 640 g/mol. The molecular weight excluding hydrogens is 604 g/mol. The Hall–Kier alpha value is -3.61. The Labute approximate surface area is 257 Å². The van der Waals surface area contributed by atoms with Crippen LogP contribution < -0.4 is 5.32 Å². The molecule has 1 heterocycles. The molecule has 0 radical (unpaired) electrons. The van der Waals surface area contributed by atoms with Crippen LogP contribution in [0.4, 0.5) is 31.1 Å². The summed E-state index contributed by atoms with van der Waals surface area (Å²) in [5.74, 6) is 0. The predicted molar refractivity (Wildman–Crippen MR) is 153 cm³/mol. The normalized spacial score (nSPS) is 16.5. The van der Waals surface area contributed by atoms with E-state index in [0.717, 1.165) is 12.0 Å². The second kappa shape index (κ2) is 15.1. The molecule has 1 fully saturated rings. The Morgan fingerprint density at radius 3 is 2.02 bits per heavy atom. The number of nitrogens with one attached hydrogen (secondary N) is 1. The van der Waals surface area contributed by atoms with Gasteiger partial charge in [-0.1, -0.05) is 60.7 Å². The molecular formula is C33H35F6NO5. The fourth-order valence-electron chi connectivity index (χ4n) is 5.03. The lowest BCUT2D eigenvalue weighted by Crippen LogP contribution is -2.50. The number of amides is 1. The van der Waals surface area contributed by atoms with Crippen molar-refractivity contribution in [1.29, 1.82) is 0 Å². The molecule has 0 aromatic heterocycles. The summed E-state index contributed by atoms with van der Waals surface area (Å²) in [5, 5.41) is 2.91. The van der Waals surface area contributed by atoms with Gasteiger partial charge in [0.2, 0.25) is 0 Å². The minimum absolute atomic E-state index is 0.0248. The summed E-state index contributed by atoms with van der Waals surface area (Å²) >= 11 is 0. The summed E-state index contributed by atoms with van der Waals surface area (Å²) < 4.78 is 104. The SMILES string of the molecule is CC(OCC(CCCC1OCCCO1)(NC(=O)OCc1ccccc1)c1ccccc1)c1cc(C(F)(F)F)cc(C(F)(F)F)c1. The Kier molecular flexibility index (Phi) is 11.5. The summed E-state index contributed by atoms with van der Waals surface area (Å²) in [6.07, 6.45) is -10.4. The molecule has 1 aliphatic rings. The minimum atomic E-state index is -5.00. The number of hydrogen-bond donors (Lipinski definition) is 1. The summed E-state index contributed by atoms with van der Waals surface area (Å²) in [6.45, 7) is 2.15. The maximum atomic E-state index is 13.5. The molecule has 1 saturated heterocycles. The van der Waals surface area contributed by atoms with Gasteiger partial charge in [0.1, 0.15) is 6.61 Å². The number of benzene rings is 3. The zero-order valence-corrected chi connectivity index (χ0v) is 24.6. The summed E-state index contributed by atoms with van der Waals surface area (Å²) in [5.41, 5.74) is -3.10. The summed E-state index contributed by atoms with van der Waals surface area (Å²) in [7, 11) is 0. The van der Waals surface area contributed by atoms with E-state index in [1.54, 1.807) is 54.6 Å². The van der Waals surface area contributed by atoms with Crippen molar-refractivity contribution in [1.82, 2.24) is 5.32 Å². The van der Waals surface area contributed by atoms with E-state index in [9.17, 15) is 31.1 Å². The van der Waals surface area contributed by atoms with Gasteiger partial charge >= 0.3 is 18.4 Å². The van der Waals surface area contributed by atoms with Gasteiger partial charge in [0, 0.05) is 0 Å². The average Bonchev–Trinajstić information content (AvgIpc) is 3.03. The molecule has 12 heteroatoms. The summed E-state index contributed by atoms with van der Waals surface area (Å²) in [6, 6.07) is 19.1. The molecule has 1 aliphatic heterocycles. The Morgan fingerprint density at radius 1 is 0.867 bits per heavy atom. The third-order valence-corrected chi connectivity index (χ3v) is 7.48. The van der Waals surface area contributed by atoms with Crippen molar-refractivity contribution in [2.45, 2.75) is 69.5 Å². The smallest absolute Gasteiger partial charge is 0.416 e. The van der Waals surface area contributed by atoms with Gasteiger partial charge < -0.3 is 24.3 Å². The van der Waals surface area contributed by atoms with Gasteiger partial charge in [-0.05, 0) is 67.5 Å². The molecule has 1 N–H and O–H groups in total. The number of rotatable bonds is 12. The molecule has 0 aliphatic carbocycles. The first-order chi connectivity index (χ1) is 21.4. The molecule has 2 atom stereocenters. The van der Waals surface area contributed by atoms with Gasteiger partial charge in [-0.25, -0.2) is 4.79 Å². The van der Waals surface area contributed by atoms with Crippen LogP contribution in [0.3, 0.4) is 0 Å². The topological polar surface area (TPSA) is 66.0 Å².